The predicted octanol–water partition coefficient (Wildman–Crippen LogP) is 2.25. The molecule has 0 radical (unpaired) electrons. The molecule has 2 fully saturated rings. The molecule has 2 rings (SSSR count). The van der Waals surface area contributed by atoms with Crippen LogP contribution in [-0.4, -0.2) is 37.1 Å². The summed E-state index contributed by atoms with van der Waals surface area (Å²) < 4.78 is 0. The zero-order chi connectivity index (χ0) is 10.9. The topological polar surface area (TPSA) is 15.3 Å². The number of nitrogens with zero attached hydrogens (tertiary/aromatic N) is 1. The molecule has 0 amide bonds. The number of hydrogen-bond acceptors (Lipinski definition) is 2. The molecule has 1 N–H and O–H groups in total. The molecule has 15 heavy (non-hydrogen) atoms. The summed E-state index contributed by atoms with van der Waals surface area (Å²) in [6, 6.07) is 0.846. The first-order chi connectivity index (χ1) is 7.12. The Kier molecular flexibility index (Phi) is 3.36. The molecule has 2 atom stereocenters. The lowest BCUT2D eigenvalue weighted by Gasteiger charge is -2.45. The molecule has 2 aliphatic carbocycles. The van der Waals surface area contributed by atoms with Crippen LogP contribution in [0, 0.1) is 5.92 Å². The summed E-state index contributed by atoms with van der Waals surface area (Å²) in [6.45, 7) is 3.61. The van der Waals surface area contributed by atoms with Gasteiger partial charge in [-0.05, 0) is 45.7 Å². The van der Waals surface area contributed by atoms with Crippen LogP contribution in [0.25, 0.3) is 0 Å². The molecule has 0 heterocycles. The fourth-order valence-corrected chi connectivity index (χ4v) is 2.98. The van der Waals surface area contributed by atoms with Gasteiger partial charge in [0.25, 0.3) is 0 Å². The molecule has 0 saturated heterocycles. The Hall–Kier alpha value is -0.0800. The summed E-state index contributed by atoms with van der Waals surface area (Å²) in [4.78, 5) is 2.47. The van der Waals surface area contributed by atoms with Crippen LogP contribution in [-0.2, 0) is 0 Å². The summed E-state index contributed by atoms with van der Waals surface area (Å²) in [6.07, 6.45) is 8.40. The van der Waals surface area contributed by atoms with Crippen LogP contribution in [0.5, 0.6) is 0 Å². The highest BCUT2D eigenvalue weighted by atomic mass is 15.2. The first kappa shape index (κ1) is 11.4. The average molecular weight is 210 g/mol. The predicted molar refractivity (Wildman–Crippen MR) is 65.1 cm³/mol. The van der Waals surface area contributed by atoms with Crippen LogP contribution >= 0.6 is 0 Å². The Morgan fingerprint density at radius 3 is 2.53 bits per heavy atom. The molecule has 0 aromatic carbocycles. The maximum atomic E-state index is 3.73. The third-order valence-corrected chi connectivity index (χ3v) is 4.31. The first-order valence-corrected chi connectivity index (χ1v) is 6.53. The van der Waals surface area contributed by atoms with Crippen LogP contribution < -0.4 is 5.32 Å². The normalized spacial score (nSPS) is 37.2. The van der Waals surface area contributed by atoms with Crippen molar-refractivity contribution in [2.24, 2.45) is 5.92 Å². The lowest BCUT2D eigenvalue weighted by molar-refractivity contribution is 0.0749. The second-order valence-electron chi connectivity index (χ2n) is 5.98. The van der Waals surface area contributed by atoms with Gasteiger partial charge in [0.2, 0.25) is 0 Å². The van der Waals surface area contributed by atoms with Gasteiger partial charge in [0.1, 0.15) is 0 Å². The van der Waals surface area contributed by atoms with E-state index in [0.29, 0.717) is 5.54 Å². The lowest BCUT2D eigenvalue weighted by atomic mass is 9.75. The molecule has 0 aromatic heterocycles. The van der Waals surface area contributed by atoms with Crippen molar-refractivity contribution >= 4 is 0 Å². The van der Waals surface area contributed by atoms with E-state index in [1.807, 2.05) is 0 Å². The maximum absolute atomic E-state index is 3.73. The summed E-state index contributed by atoms with van der Waals surface area (Å²) in [5.41, 5.74) is 0.445. The number of rotatable bonds is 4. The van der Waals surface area contributed by atoms with Crippen molar-refractivity contribution in [3.63, 3.8) is 0 Å². The van der Waals surface area contributed by atoms with Crippen LogP contribution in [0.15, 0.2) is 0 Å². The summed E-state index contributed by atoms with van der Waals surface area (Å²) in [7, 11) is 4.51. The number of likely N-dealkylation sites (N-methyl/N-ethyl adjacent to an activating group) is 1. The van der Waals surface area contributed by atoms with Gasteiger partial charge >= 0.3 is 0 Å². The molecular weight excluding hydrogens is 184 g/mol. The molecule has 88 valence electrons. The van der Waals surface area contributed by atoms with E-state index in [-0.39, 0.29) is 0 Å². The molecule has 2 nitrogen and oxygen atoms in total. The van der Waals surface area contributed by atoms with Crippen LogP contribution in [0.4, 0.5) is 0 Å². The van der Waals surface area contributed by atoms with Crippen LogP contribution in [0.1, 0.15) is 45.4 Å². The Labute approximate surface area is 94.4 Å². The van der Waals surface area contributed by atoms with Crippen molar-refractivity contribution < 1.29 is 0 Å². The Balaban J connectivity index is 1.94. The van der Waals surface area contributed by atoms with Crippen molar-refractivity contribution in [2.45, 2.75) is 57.0 Å². The van der Waals surface area contributed by atoms with E-state index in [2.05, 4.69) is 31.2 Å². The van der Waals surface area contributed by atoms with Crippen molar-refractivity contribution in [2.75, 3.05) is 20.6 Å². The first-order valence-electron chi connectivity index (χ1n) is 6.53. The Morgan fingerprint density at radius 2 is 2.00 bits per heavy atom. The van der Waals surface area contributed by atoms with Crippen molar-refractivity contribution in [1.29, 1.82) is 0 Å². The molecular formula is C13H26N2. The molecule has 2 heteroatoms. The van der Waals surface area contributed by atoms with Gasteiger partial charge in [-0.25, -0.2) is 0 Å². The van der Waals surface area contributed by atoms with Crippen molar-refractivity contribution in [3.8, 4) is 0 Å². The second kappa shape index (κ2) is 4.42. The molecule has 0 aromatic rings. The Bertz CT molecular complexity index is 211. The van der Waals surface area contributed by atoms with E-state index in [1.54, 1.807) is 0 Å². The largest absolute Gasteiger partial charge is 0.312 e. The SMILES string of the molecule is CC1CCCC(CNC2CC2)(N(C)C)C1. The van der Waals surface area contributed by atoms with Crippen molar-refractivity contribution in [3.05, 3.63) is 0 Å². The molecule has 0 aliphatic heterocycles. The van der Waals surface area contributed by atoms with Gasteiger partial charge < -0.3 is 10.2 Å². The molecule has 2 unspecified atom stereocenters. The van der Waals surface area contributed by atoms with Gasteiger partial charge in [-0.1, -0.05) is 19.8 Å². The number of hydrogen-bond donors (Lipinski definition) is 1. The Morgan fingerprint density at radius 1 is 1.27 bits per heavy atom. The van der Waals surface area contributed by atoms with Gasteiger partial charge in [-0.2, -0.15) is 0 Å². The quantitative estimate of drug-likeness (QED) is 0.765. The van der Waals surface area contributed by atoms with E-state index in [9.17, 15) is 0 Å². The van der Waals surface area contributed by atoms with Gasteiger partial charge in [0.05, 0.1) is 0 Å². The standard InChI is InChI=1S/C13H26N2/c1-11-5-4-8-13(9-11,15(2)3)10-14-12-6-7-12/h11-12,14H,4-10H2,1-3H3. The second-order valence-corrected chi connectivity index (χ2v) is 5.98. The van der Waals surface area contributed by atoms with E-state index in [4.69, 9.17) is 0 Å². The lowest BCUT2D eigenvalue weighted by Crippen LogP contribution is -2.54. The average Bonchev–Trinajstić information content (AvgIpc) is 2.98. The van der Waals surface area contributed by atoms with Gasteiger partial charge in [0.15, 0.2) is 0 Å². The molecule has 0 bridgehead atoms. The highest BCUT2D eigenvalue weighted by molar-refractivity contribution is 4.96. The molecule has 0 spiro atoms. The molecule has 2 saturated carbocycles. The number of nitrogens with one attached hydrogen (secondary N) is 1. The third-order valence-electron chi connectivity index (χ3n) is 4.31. The monoisotopic (exact) mass is 210 g/mol. The minimum atomic E-state index is 0.445. The van der Waals surface area contributed by atoms with Crippen molar-refractivity contribution in [1.82, 2.24) is 10.2 Å². The van der Waals surface area contributed by atoms with E-state index in [0.717, 1.165) is 12.0 Å². The highest BCUT2D eigenvalue weighted by Gasteiger charge is 2.37. The highest BCUT2D eigenvalue weighted by Crippen LogP contribution is 2.35. The van der Waals surface area contributed by atoms with E-state index in [1.165, 1.54) is 45.1 Å². The zero-order valence-electron chi connectivity index (χ0n) is 10.6. The smallest absolute Gasteiger partial charge is 0.0330 e. The van der Waals surface area contributed by atoms with Gasteiger partial charge in [0, 0.05) is 18.1 Å². The zero-order valence-corrected chi connectivity index (χ0v) is 10.6. The maximum Gasteiger partial charge on any atom is 0.0330 e. The minimum absolute atomic E-state index is 0.445. The van der Waals surface area contributed by atoms with Crippen LogP contribution in [0.3, 0.4) is 0 Å². The fourth-order valence-electron chi connectivity index (χ4n) is 2.98. The van der Waals surface area contributed by atoms with E-state index >= 15 is 0 Å². The van der Waals surface area contributed by atoms with E-state index < -0.39 is 0 Å². The summed E-state index contributed by atoms with van der Waals surface area (Å²) in [5, 5.41) is 3.73. The molecule has 2 aliphatic rings. The van der Waals surface area contributed by atoms with Gasteiger partial charge in [-0.3, -0.25) is 0 Å². The summed E-state index contributed by atoms with van der Waals surface area (Å²) in [5.74, 6) is 0.905. The minimum Gasteiger partial charge on any atom is -0.312 e. The summed E-state index contributed by atoms with van der Waals surface area (Å²) >= 11 is 0. The fraction of sp³-hybridized carbons (Fsp3) is 1.00. The van der Waals surface area contributed by atoms with Crippen LogP contribution in [0.2, 0.25) is 0 Å². The third kappa shape index (κ3) is 2.73. The van der Waals surface area contributed by atoms with Gasteiger partial charge in [-0.15, -0.1) is 0 Å².